The number of hydrogen-bond donors (Lipinski definition) is 1. The number of carbonyl (C=O) groups excluding carboxylic acids is 1. The van der Waals surface area contributed by atoms with Gasteiger partial charge in [0.05, 0.1) is 6.04 Å². The molecule has 0 heterocycles. The first kappa shape index (κ1) is 15.3. The molecule has 1 amide bonds. The molecule has 0 aliphatic heterocycles. The minimum Gasteiger partial charge on any atom is -0.491 e. The van der Waals surface area contributed by atoms with E-state index in [2.05, 4.69) is 0 Å². The largest absolute Gasteiger partial charge is 0.491 e. The summed E-state index contributed by atoms with van der Waals surface area (Å²) >= 11 is 0. The molecule has 0 aliphatic carbocycles. The number of alkyl halides is 3. The molecule has 0 radical (unpaired) electrons. The molecule has 0 bridgehead atoms. The Morgan fingerprint density at radius 2 is 1.84 bits per heavy atom. The highest BCUT2D eigenvalue weighted by Gasteiger charge is 2.39. The van der Waals surface area contributed by atoms with Crippen LogP contribution in [0.15, 0.2) is 18.2 Å². The number of halogens is 3. The fourth-order valence-corrected chi connectivity index (χ4v) is 1.58. The van der Waals surface area contributed by atoms with Gasteiger partial charge >= 0.3 is 12.1 Å². The number of ether oxygens (including phenoxy) is 1. The molecule has 1 N–H and O–H groups in total. The lowest BCUT2D eigenvalue weighted by Crippen LogP contribution is -2.44. The molecule has 19 heavy (non-hydrogen) atoms. The van der Waals surface area contributed by atoms with Crippen LogP contribution in [0.5, 0.6) is 5.75 Å². The van der Waals surface area contributed by atoms with Gasteiger partial charge in [0, 0.05) is 0 Å². The zero-order chi connectivity index (χ0) is 14.6. The molecule has 0 fully saturated rings. The van der Waals surface area contributed by atoms with E-state index in [0.717, 1.165) is 11.1 Å². The van der Waals surface area contributed by atoms with Crippen molar-refractivity contribution in [1.82, 2.24) is 5.32 Å². The van der Waals surface area contributed by atoms with E-state index in [1.165, 1.54) is 6.92 Å². The van der Waals surface area contributed by atoms with Crippen LogP contribution < -0.4 is 10.1 Å². The predicted octanol–water partition coefficient (Wildman–Crippen LogP) is 2.75. The minimum absolute atomic E-state index is 0.0203. The van der Waals surface area contributed by atoms with E-state index in [9.17, 15) is 18.0 Å². The molecule has 1 rings (SSSR count). The Balaban J connectivity index is 2.56. The summed E-state index contributed by atoms with van der Waals surface area (Å²) in [5.74, 6) is -1.32. The lowest BCUT2D eigenvalue weighted by Gasteiger charge is -2.18. The second-order valence-corrected chi connectivity index (χ2v) is 4.40. The number of carbonyl (C=O) groups is 1. The lowest BCUT2D eigenvalue weighted by atomic mass is 10.1. The normalized spacial score (nSPS) is 12.9. The van der Waals surface area contributed by atoms with E-state index in [-0.39, 0.29) is 6.61 Å². The zero-order valence-corrected chi connectivity index (χ0v) is 11.0. The minimum atomic E-state index is -4.87. The van der Waals surface area contributed by atoms with E-state index in [1.54, 1.807) is 0 Å². The summed E-state index contributed by atoms with van der Waals surface area (Å²) < 4.78 is 41.6. The number of nitrogens with one attached hydrogen (secondary N) is 1. The van der Waals surface area contributed by atoms with Crippen molar-refractivity contribution < 1.29 is 22.7 Å². The first-order chi connectivity index (χ1) is 8.71. The predicted molar refractivity (Wildman–Crippen MR) is 65.1 cm³/mol. The third-order valence-electron chi connectivity index (χ3n) is 2.52. The highest BCUT2D eigenvalue weighted by Crippen LogP contribution is 2.22. The van der Waals surface area contributed by atoms with Crippen molar-refractivity contribution in [3.63, 3.8) is 0 Å². The quantitative estimate of drug-likeness (QED) is 0.917. The summed E-state index contributed by atoms with van der Waals surface area (Å²) in [5, 5.41) is 1.84. The number of benzene rings is 1. The van der Waals surface area contributed by atoms with Crippen LogP contribution in [-0.2, 0) is 4.79 Å². The number of hydrogen-bond acceptors (Lipinski definition) is 2. The first-order valence-electron chi connectivity index (χ1n) is 5.78. The van der Waals surface area contributed by atoms with Crippen LogP contribution in [-0.4, -0.2) is 24.7 Å². The summed E-state index contributed by atoms with van der Waals surface area (Å²) in [6.45, 7) is 5.13. The monoisotopic (exact) mass is 275 g/mol. The molecule has 0 aromatic heterocycles. The first-order valence-corrected chi connectivity index (χ1v) is 5.78. The van der Waals surface area contributed by atoms with E-state index in [1.807, 2.05) is 37.4 Å². The molecular weight excluding hydrogens is 259 g/mol. The Labute approximate surface area is 109 Å². The third kappa shape index (κ3) is 4.46. The lowest BCUT2D eigenvalue weighted by molar-refractivity contribution is -0.174. The van der Waals surface area contributed by atoms with Crippen LogP contribution in [0, 0.1) is 13.8 Å². The molecule has 1 aromatic rings. The van der Waals surface area contributed by atoms with Gasteiger partial charge in [0.2, 0.25) is 0 Å². The van der Waals surface area contributed by atoms with Gasteiger partial charge in [-0.15, -0.1) is 0 Å². The molecule has 1 unspecified atom stereocenters. The molecule has 0 saturated carbocycles. The van der Waals surface area contributed by atoms with Gasteiger partial charge in [0.1, 0.15) is 12.4 Å². The summed E-state index contributed by atoms with van der Waals surface area (Å²) in [7, 11) is 0. The fourth-order valence-electron chi connectivity index (χ4n) is 1.58. The molecule has 0 spiro atoms. The highest BCUT2D eigenvalue weighted by molar-refractivity contribution is 5.81. The molecule has 1 aromatic carbocycles. The van der Waals surface area contributed by atoms with E-state index in [4.69, 9.17) is 4.74 Å². The van der Waals surface area contributed by atoms with Crippen molar-refractivity contribution in [3.8, 4) is 5.75 Å². The number of amides is 1. The fraction of sp³-hybridized carbons (Fsp3) is 0.462. The Morgan fingerprint density at radius 3 is 2.32 bits per heavy atom. The average molecular weight is 275 g/mol. The molecule has 3 nitrogen and oxygen atoms in total. The van der Waals surface area contributed by atoms with Crippen molar-refractivity contribution in [2.24, 2.45) is 0 Å². The standard InChI is InChI=1S/C13H16F3NO2/c1-8-5-4-6-9(2)11(8)19-7-10(3)17-12(18)13(14,15)16/h4-6,10H,7H2,1-3H3,(H,17,18). The Morgan fingerprint density at radius 1 is 1.32 bits per heavy atom. The maximum Gasteiger partial charge on any atom is 0.471 e. The number of rotatable bonds is 4. The molecule has 0 aliphatic rings. The number of aryl methyl sites for hydroxylation is 2. The molecule has 1 atom stereocenters. The van der Waals surface area contributed by atoms with Gasteiger partial charge < -0.3 is 10.1 Å². The van der Waals surface area contributed by atoms with Crippen LogP contribution >= 0.6 is 0 Å². The van der Waals surface area contributed by atoms with E-state index in [0.29, 0.717) is 5.75 Å². The zero-order valence-electron chi connectivity index (χ0n) is 11.0. The van der Waals surface area contributed by atoms with Crippen molar-refractivity contribution >= 4 is 5.91 Å². The molecule has 106 valence electrons. The maximum absolute atomic E-state index is 12.0. The van der Waals surface area contributed by atoms with Gasteiger partial charge in [-0.3, -0.25) is 4.79 Å². The Hall–Kier alpha value is -1.72. The second kappa shape index (κ2) is 5.95. The van der Waals surface area contributed by atoms with Crippen LogP contribution in [0.4, 0.5) is 13.2 Å². The summed E-state index contributed by atoms with van der Waals surface area (Å²) in [6, 6.07) is 4.84. The van der Waals surface area contributed by atoms with Gasteiger partial charge in [0.15, 0.2) is 0 Å². The van der Waals surface area contributed by atoms with Crippen molar-refractivity contribution in [2.45, 2.75) is 33.0 Å². The Kier molecular flexibility index (Phi) is 4.80. The Bertz CT molecular complexity index is 437. The molecule has 6 heteroatoms. The smallest absolute Gasteiger partial charge is 0.471 e. The van der Waals surface area contributed by atoms with Crippen LogP contribution in [0.3, 0.4) is 0 Å². The van der Waals surface area contributed by atoms with Crippen molar-refractivity contribution in [1.29, 1.82) is 0 Å². The summed E-state index contributed by atoms with van der Waals surface area (Å²) in [5.41, 5.74) is 1.80. The molecule has 0 saturated heterocycles. The number of para-hydroxylation sites is 1. The van der Waals surface area contributed by atoms with Gasteiger partial charge in [0.25, 0.3) is 0 Å². The maximum atomic E-state index is 12.0. The highest BCUT2D eigenvalue weighted by atomic mass is 19.4. The van der Waals surface area contributed by atoms with E-state index >= 15 is 0 Å². The van der Waals surface area contributed by atoms with Gasteiger partial charge in [-0.25, -0.2) is 0 Å². The van der Waals surface area contributed by atoms with Gasteiger partial charge in [-0.2, -0.15) is 13.2 Å². The molecular formula is C13H16F3NO2. The van der Waals surface area contributed by atoms with E-state index < -0.39 is 18.1 Å². The topological polar surface area (TPSA) is 38.3 Å². The third-order valence-corrected chi connectivity index (χ3v) is 2.52. The van der Waals surface area contributed by atoms with Crippen molar-refractivity contribution in [3.05, 3.63) is 29.3 Å². The van der Waals surface area contributed by atoms with Crippen molar-refractivity contribution in [2.75, 3.05) is 6.61 Å². The SMILES string of the molecule is Cc1cccc(C)c1OCC(C)NC(=O)C(F)(F)F. The second-order valence-electron chi connectivity index (χ2n) is 4.40. The van der Waals surface area contributed by atoms with Gasteiger partial charge in [-0.1, -0.05) is 18.2 Å². The summed E-state index contributed by atoms with van der Waals surface area (Å²) in [4.78, 5) is 10.7. The van der Waals surface area contributed by atoms with Crippen LogP contribution in [0.2, 0.25) is 0 Å². The van der Waals surface area contributed by atoms with Crippen LogP contribution in [0.25, 0.3) is 0 Å². The summed E-state index contributed by atoms with van der Waals surface area (Å²) in [6.07, 6.45) is -4.87. The van der Waals surface area contributed by atoms with Crippen LogP contribution in [0.1, 0.15) is 18.1 Å². The van der Waals surface area contributed by atoms with Gasteiger partial charge in [-0.05, 0) is 31.9 Å². The average Bonchev–Trinajstić information content (AvgIpc) is 2.27.